The van der Waals surface area contributed by atoms with Crippen molar-refractivity contribution in [1.82, 2.24) is 15.1 Å². The predicted octanol–water partition coefficient (Wildman–Crippen LogP) is 2.99. The van der Waals surface area contributed by atoms with Gasteiger partial charge in [0, 0.05) is 23.7 Å². The summed E-state index contributed by atoms with van der Waals surface area (Å²) in [5.41, 5.74) is 1.21. The molecule has 2 aromatic rings. The number of thiophene rings is 1. The van der Waals surface area contributed by atoms with Gasteiger partial charge in [0.2, 0.25) is 0 Å². The highest BCUT2D eigenvalue weighted by molar-refractivity contribution is 7.09. The van der Waals surface area contributed by atoms with Crippen molar-refractivity contribution in [1.29, 1.82) is 0 Å². The Labute approximate surface area is 106 Å². The summed E-state index contributed by atoms with van der Waals surface area (Å²) >= 11 is 1.79. The maximum atomic E-state index is 4.36. The Morgan fingerprint density at radius 3 is 2.88 bits per heavy atom. The van der Waals surface area contributed by atoms with E-state index in [4.69, 9.17) is 0 Å². The lowest BCUT2D eigenvalue weighted by atomic mass is 10.1. The molecule has 0 unspecified atom stereocenters. The minimum absolute atomic E-state index is 0.365. The van der Waals surface area contributed by atoms with Gasteiger partial charge in [0.15, 0.2) is 0 Å². The van der Waals surface area contributed by atoms with Crippen molar-refractivity contribution >= 4 is 11.3 Å². The summed E-state index contributed by atoms with van der Waals surface area (Å²) in [6, 6.07) is 5.01. The number of nitrogens with zero attached hydrogens (tertiary/aromatic N) is 2. The average molecular weight is 249 g/mol. The van der Waals surface area contributed by atoms with Crippen LogP contribution < -0.4 is 5.32 Å². The van der Waals surface area contributed by atoms with E-state index in [0.29, 0.717) is 12.1 Å². The molecule has 0 aliphatic carbocycles. The quantitative estimate of drug-likeness (QED) is 0.883. The summed E-state index contributed by atoms with van der Waals surface area (Å²) in [4.78, 5) is 1.38. The maximum Gasteiger partial charge on any atom is 0.0641 e. The van der Waals surface area contributed by atoms with Crippen LogP contribution in [0.1, 0.15) is 30.3 Å². The third kappa shape index (κ3) is 3.17. The second-order valence-corrected chi connectivity index (χ2v) is 5.52. The van der Waals surface area contributed by atoms with Crippen LogP contribution in [0.4, 0.5) is 0 Å². The fourth-order valence-corrected chi connectivity index (χ4v) is 2.39. The first-order valence-corrected chi connectivity index (χ1v) is 6.81. The molecular weight excluding hydrogens is 230 g/mol. The van der Waals surface area contributed by atoms with Gasteiger partial charge >= 0.3 is 0 Å². The van der Waals surface area contributed by atoms with Crippen molar-refractivity contribution in [3.63, 3.8) is 0 Å². The number of aryl methyl sites for hydroxylation is 1. The normalized spacial score (nSPS) is 14.8. The van der Waals surface area contributed by atoms with Crippen LogP contribution in [-0.2, 0) is 6.54 Å². The van der Waals surface area contributed by atoms with Crippen LogP contribution in [0, 0.1) is 6.92 Å². The number of nitrogens with one attached hydrogen (secondary N) is 1. The molecule has 0 amide bonds. The van der Waals surface area contributed by atoms with E-state index in [1.807, 2.05) is 10.9 Å². The maximum absolute atomic E-state index is 4.36. The lowest BCUT2D eigenvalue weighted by Gasteiger charge is -2.21. The zero-order valence-corrected chi connectivity index (χ0v) is 11.4. The van der Waals surface area contributed by atoms with E-state index in [-0.39, 0.29) is 0 Å². The lowest BCUT2D eigenvalue weighted by molar-refractivity contribution is 0.366. The van der Waals surface area contributed by atoms with Crippen molar-refractivity contribution in [2.75, 3.05) is 0 Å². The molecule has 0 aromatic carbocycles. The van der Waals surface area contributed by atoms with Gasteiger partial charge in [0.1, 0.15) is 0 Å². The van der Waals surface area contributed by atoms with E-state index >= 15 is 0 Å². The Balaban J connectivity index is 1.89. The van der Waals surface area contributed by atoms with Gasteiger partial charge in [-0.15, -0.1) is 11.3 Å². The predicted molar refractivity (Wildman–Crippen MR) is 72.3 cm³/mol. The molecule has 2 rings (SSSR count). The van der Waals surface area contributed by atoms with Crippen molar-refractivity contribution in [2.24, 2.45) is 0 Å². The molecule has 0 saturated carbocycles. The van der Waals surface area contributed by atoms with E-state index in [1.54, 1.807) is 11.3 Å². The largest absolute Gasteiger partial charge is 0.307 e. The third-order valence-corrected chi connectivity index (χ3v) is 3.93. The number of hydrogen-bond donors (Lipinski definition) is 1. The van der Waals surface area contributed by atoms with E-state index in [1.165, 1.54) is 10.4 Å². The standard InChI is InChI=1S/C13H19N3S/c1-10-7-15-16(9-10)12(3)11(2)14-8-13-5-4-6-17-13/h4-7,9,11-12,14H,8H2,1-3H3/t11-,12-/m0/s1. The second kappa shape index (κ2) is 5.47. The van der Waals surface area contributed by atoms with Gasteiger partial charge in [-0.25, -0.2) is 0 Å². The Morgan fingerprint density at radius 2 is 2.29 bits per heavy atom. The van der Waals surface area contributed by atoms with Crippen molar-refractivity contribution in [3.05, 3.63) is 40.3 Å². The summed E-state index contributed by atoms with van der Waals surface area (Å²) in [5, 5.41) is 10.0. The summed E-state index contributed by atoms with van der Waals surface area (Å²) < 4.78 is 2.03. The van der Waals surface area contributed by atoms with Crippen molar-refractivity contribution in [2.45, 2.75) is 39.4 Å². The van der Waals surface area contributed by atoms with Gasteiger partial charge in [-0.2, -0.15) is 5.10 Å². The summed E-state index contributed by atoms with van der Waals surface area (Å²) in [6.07, 6.45) is 4.00. The van der Waals surface area contributed by atoms with Crippen molar-refractivity contribution in [3.8, 4) is 0 Å². The Bertz CT molecular complexity index is 447. The number of rotatable bonds is 5. The fraction of sp³-hybridized carbons (Fsp3) is 0.462. The molecule has 2 heterocycles. The molecule has 2 atom stereocenters. The molecule has 0 bridgehead atoms. The number of hydrogen-bond acceptors (Lipinski definition) is 3. The lowest BCUT2D eigenvalue weighted by Crippen LogP contribution is -2.33. The highest BCUT2D eigenvalue weighted by atomic mass is 32.1. The first-order valence-electron chi connectivity index (χ1n) is 5.93. The molecule has 0 saturated heterocycles. The Kier molecular flexibility index (Phi) is 3.97. The zero-order valence-electron chi connectivity index (χ0n) is 10.6. The smallest absolute Gasteiger partial charge is 0.0641 e. The number of aromatic nitrogens is 2. The average Bonchev–Trinajstić information content (AvgIpc) is 2.95. The monoisotopic (exact) mass is 249 g/mol. The first kappa shape index (κ1) is 12.3. The molecule has 0 aliphatic rings. The van der Waals surface area contributed by atoms with Crippen LogP contribution in [0.3, 0.4) is 0 Å². The molecule has 92 valence electrons. The minimum Gasteiger partial charge on any atom is -0.307 e. The molecule has 17 heavy (non-hydrogen) atoms. The summed E-state index contributed by atoms with van der Waals surface area (Å²) in [6.45, 7) is 7.40. The summed E-state index contributed by atoms with van der Waals surface area (Å²) in [7, 11) is 0. The van der Waals surface area contributed by atoms with Gasteiger partial charge in [-0.3, -0.25) is 4.68 Å². The van der Waals surface area contributed by atoms with Gasteiger partial charge in [0.25, 0.3) is 0 Å². The summed E-state index contributed by atoms with van der Waals surface area (Å²) in [5.74, 6) is 0. The molecule has 4 heteroatoms. The van der Waals surface area contributed by atoms with Gasteiger partial charge in [-0.05, 0) is 37.8 Å². The van der Waals surface area contributed by atoms with Gasteiger partial charge in [-0.1, -0.05) is 6.07 Å². The van der Waals surface area contributed by atoms with Gasteiger partial charge < -0.3 is 5.32 Å². The molecule has 1 N–H and O–H groups in total. The third-order valence-electron chi connectivity index (χ3n) is 3.05. The molecule has 0 radical (unpaired) electrons. The van der Waals surface area contributed by atoms with E-state index in [0.717, 1.165) is 6.54 Å². The van der Waals surface area contributed by atoms with Crippen LogP contribution in [0.5, 0.6) is 0 Å². The fourth-order valence-electron chi connectivity index (χ4n) is 1.73. The minimum atomic E-state index is 0.365. The van der Waals surface area contributed by atoms with E-state index < -0.39 is 0 Å². The zero-order chi connectivity index (χ0) is 12.3. The molecule has 3 nitrogen and oxygen atoms in total. The highest BCUT2D eigenvalue weighted by Crippen LogP contribution is 2.13. The second-order valence-electron chi connectivity index (χ2n) is 4.49. The molecule has 2 aromatic heterocycles. The van der Waals surface area contributed by atoms with Crippen LogP contribution in [-0.4, -0.2) is 15.8 Å². The highest BCUT2D eigenvalue weighted by Gasteiger charge is 2.14. The molecular formula is C13H19N3S. The van der Waals surface area contributed by atoms with E-state index in [9.17, 15) is 0 Å². The van der Waals surface area contributed by atoms with Gasteiger partial charge in [0.05, 0.1) is 12.2 Å². The van der Waals surface area contributed by atoms with Crippen LogP contribution >= 0.6 is 11.3 Å². The topological polar surface area (TPSA) is 29.9 Å². The van der Waals surface area contributed by atoms with Crippen LogP contribution in [0.15, 0.2) is 29.9 Å². The Hall–Kier alpha value is -1.13. The van der Waals surface area contributed by atoms with Crippen LogP contribution in [0.25, 0.3) is 0 Å². The van der Waals surface area contributed by atoms with E-state index in [2.05, 4.69) is 54.9 Å². The SMILES string of the molecule is Cc1cnn([C@@H](C)[C@H](C)NCc2cccs2)c1. The Morgan fingerprint density at radius 1 is 1.47 bits per heavy atom. The first-order chi connectivity index (χ1) is 8.16. The molecule has 0 fully saturated rings. The van der Waals surface area contributed by atoms with Crippen LogP contribution in [0.2, 0.25) is 0 Å². The molecule has 0 spiro atoms. The molecule has 0 aliphatic heterocycles. The van der Waals surface area contributed by atoms with Crippen molar-refractivity contribution < 1.29 is 0 Å².